The van der Waals surface area contributed by atoms with Crippen molar-refractivity contribution in [2.75, 3.05) is 19.5 Å². The van der Waals surface area contributed by atoms with Gasteiger partial charge in [0.25, 0.3) is 11.5 Å². The third kappa shape index (κ3) is 5.93. The first kappa shape index (κ1) is 25.5. The van der Waals surface area contributed by atoms with E-state index in [9.17, 15) is 22.4 Å². The molecule has 0 aliphatic carbocycles. The van der Waals surface area contributed by atoms with Gasteiger partial charge in [-0.2, -0.15) is 0 Å². The first-order chi connectivity index (χ1) is 15.0. The predicted octanol–water partition coefficient (Wildman–Crippen LogP) is 1.50. The summed E-state index contributed by atoms with van der Waals surface area (Å²) in [5.41, 5.74) is 1.37. The highest BCUT2D eigenvalue weighted by Crippen LogP contribution is 2.26. The summed E-state index contributed by atoms with van der Waals surface area (Å²) in [6.07, 6.45) is 3.22. The third-order valence-electron chi connectivity index (χ3n) is 5.30. The maximum absolute atomic E-state index is 14.5. The Labute approximate surface area is 185 Å². The zero-order chi connectivity index (χ0) is 23.9. The lowest BCUT2D eigenvalue weighted by molar-refractivity contribution is -0.131. The molecule has 1 unspecified atom stereocenters. The lowest BCUT2D eigenvalue weighted by Crippen LogP contribution is -2.49. The summed E-state index contributed by atoms with van der Waals surface area (Å²) in [5.74, 6) is -1.34. The largest absolute Gasteiger partial charge is 0.493 e. The summed E-state index contributed by atoms with van der Waals surface area (Å²) in [5, 5.41) is 17.6. The van der Waals surface area contributed by atoms with Gasteiger partial charge in [-0.1, -0.05) is 0 Å². The van der Waals surface area contributed by atoms with Gasteiger partial charge in [-0.25, -0.2) is 18.3 Å². The van der Waals surface area contributed by atoms with Crippen LogP contribution < -0.4 is 15.8 Å². The van der Waals surface area contributed by atoms with E-state index in [1.54, 1.807) is 6.07 Å². The highest BCUT2D eigenvalue weighted by Gasteiger charge is 2.43. The van der Waals surface area contributed by atoms with Crippen LogP contribution in [0.2, 0.25) is 0 Å². The van der Waals surface area contributed by atoms with E-state index >= 15 is 0 Å². The fourth-order valence-corrected chi connectivity index (χ4v) is 3.85. The van der Waals surface area contributed by atoms with Crippen LogP contribution in [-0.2, 0) is 21.2 Å². The number of sulfone groups is 1. The number of pyridine rings is 1. The average Bonchev–Trinajstić information content (AvgIpc) is 2.74. The quantitative estimate of drug-likeness (QED) is 0.257. The van der Waals surface area contributed by atoms with Crippen LogP contribution in [0.3, 0.4) is 0 Å². The molecule has 0 radical (unpaired) electrons. The third-order valence-corrected chi connectivity index (χ3v) is 7.33. The van der Waals surface area contributed by atoms with Crippen LogP contribution in [-0.4, -0.2) is 53.4 Å². The number of aliphatic hydroxyl groups is 1. The molecule has 1 atom stereocenters. The summed E-state index contributed by atoms with van der Waals surface area (Å²) in [6.45, 7) is 1.45. The number of hydrogen-bond donors (Lipinski definition) is 3. The zero-order valence-electron chi connectivity index (χ0n) is 17.9. The Balaban J connectivity index is 2.18. The van der Waals surface area contributed by atoms with Crippen LogP contribution in [0.4, 0.5) is 4.39 Å². The van der Waals surface area contributed by atoms with Gasteiger partial charge < -0.3 is 14.4 Å². The minimum Gasteiger partial charge on any atom is -0.493 e. The summed E-state index contributed by atoms with van der Waals surface area (Å²) < 4.78 is 43.3. The van der Waals surface area contributed by atoms with Gasteiger partial charge in [-0.05, 0) is 49.9 Å². The van der Waals surface area contributed by atoms with Gasteiger partial charge in [-0.15, -0.1) is 0 Å². The Morgan fingerprint density at radius 3 is 2.53 bits per heavy atom. The molecule has 0 spiro atoms. The van der Waals surface area contributed by atoms with Crippen LogP contribution >= 0.6 is 0 Å². The average molecular weight is 471 g/mol. The maximum Gasteiger partial charge on any atom is 0.264 e. The molecule has 0 aliphatic rings. The van der Waals surface area contributed by atoms with Crippen molar-refractivity contribution in [1.82, 2.24) is 10.0 Å². The number of nitrogens with zero attached hydrogens (tertiary/aromatic N) is 1. The second kappa shape index (κ2) is 10.7. The second-order valence-electron chi connectivity index (χ2n) is 7.56. The fraction of sp³-hybridized carbons (Fsp3) is 0.429. The lowest BCUT2D eigenvalue weighted by Gasteiger charge is -2.25. The normalized spacial score (nSPS) is 13.4. The van der Waals surface area contributed by atoms with Crippen molar-refractivity contribution in [3.63, 3.8) is 0 Å². The number of aryl methyl sites for hydroxylation is 1. The number of amides is 1. The molecule has 2 aromatic rings. The van der Waals surface area contributed by atoms with E-state index in [2.05, 4.69) is 0 Å². The molecule has 11 heteroatoms. The standard InChI is InChI=1S/C21H27FN2O7S/c1-21(20(27)23-28,32(2,29)30)8-10-24-9-7-15(13-19(24)26)17-6-5-16(14-18(17)22)31-12-4-3-11-25/h5-7,9,13-14,25,28H,3-4,8,10-12H2,1-2H3,(H,23,27). The Hall–Kier alpha value is -2.76. The van der Waals surface area contributed by atoms with E-state index in [0.717, 1.165) is 13.2 Å². The Bertz CT molecular complexity index is 1120. The van der Waals surface area contributed by atoms with Crippen LogP contribution in [0.5, 0.6) is 5.75 Å². The Morgan fingerprint density at radius 2 is 1.97 bits per heavy atom. The molecule has 0 saturated carbocycles. The van der Waals surface area contributed by atoms with Crippen LogP contribution in [0.15, 0.2) is 41.3 Å². The maximum atomic E-state index is 14.5. The van der Waals surface area contributed by atoms with Crippen molar-refractivity contribution < 1.29 is 32.7 Å². The topological polar surface area (TPSA) is 135 Å². The van der Waals surface area contributed by atoms with Crippen LogP contribution in [0, 0.1) is 5.82 Å². The SMILES string of the molecule is CC(CCn1ccc(-c2ccc(OCCCCO)cc2F)cc1=O)(C(=O)NO)S(C)(=O)=O. The molecule has 1 amide bonds. The van der Waals surface area contributed by atoms with E-state index in [-0.39, 0.29) is 25.1 Å². The van der Waals surface area contributed by atoms with E-state index in [4.69, 9.17) is 15.1 Å². The van der Waals surface area contributed by atoms with Crippen molar-refractivity contribution in [1.29, 1.82) is 0 Å². The van der Waals surface area contributed by atoms with E-state index in [1.165, 1.54) is 40.5 Å². The number of halogens is 1. The van der Waals surface area contributed by atoms with Crippen molar-refractivity contribution in [2.45, 2.75) is 37.5 Å². The van der Waals surface area contributed by atoms with Gasteiger partial charge in [0.2, 0.25) is 0 Å². The predicted molar refractivity (Wildman–Crippen MR) is 116 cm³/mol. The van der Waals surface area contributed by atoms with Gasteiger partial charge in [0.1, 0.15) is 11.6 Å². The number of aromatic nitrogens is 1. The summed E-state index contributed by atoms with van der Waals surface area (Å²) in [6, 6.07) is 7.00. The first-order valence-electron chi connectivity index (χ1n) is 9.91. The highest BCUT2D eigenvalue weighted by molar-refractivity contribution is 7.92. The molecule has 9 nitrogen and oxygen atoms in total. The second-order valence-corrected chi connectivity index (χ2v) is 10.0. The molecular formula is C21H27FN2O7S. The number of carbonyl (C=O) groups excluding carboxylic acids is 1. The smallest absolute Gasteiger partial charge is 0.264 e. The molecule has 0 aliphatic heterocycles. The number of hydroxylamine groups is 1. The Kier molecular flexibility index (Phi) is 8.53. The minimum absolute atomic E-state index is 0.0598. The molecule has 0 bridgehead atoms. The van der Waals surface area contributed by atoms with E-state index in [0.29, 0.717) is 30.8 Å². The monoisotopic (exact) mass is 470 g/mol. The molecule has 176 valence electrons. The molecule has 3 N–H and O–H groups in total. The van der Waals surface area contributed by atoms with Crippen molar-refractivity contribution in [3.05, 3.63) is 52.7 Å². The summed E-state index contributed by atoms with van der Waals surface area (Å²) in [4.78, 5) is 24.4. The molecule has 1 heterocycles. The highest BCUT2D eigenvalue weighted by atomic mass is 32.2. The van der Waals surface area contributed by atoms with Crippen LogP contribution in [0.25, 0.3) is 11.1 Å². The number of aliphatic hydroxyl groups excluding tert-OH is 1. The molecular weight excluding hydrogens is 443 g/mol. The molecule has 1 aromatic heterocycles. The number of hydrogen-bond acceptors (Lipinski definition) is 7. The number of rotatable bonds is 11. The molecule has 2 rings (SSSR count). The van der Waals surface area contributed by atoms with Gasteiger partial charge in [0, 0.05) is 43.3 Å². The molecule has 0 saturated heterocycles. The van der Waals surface area contributed by atoms with Gasteiger partial charge in [-0.3, -0.25) is 14.8 Å². The van der Waals surface area contributed by atoms with Crippen molar-refractivity contribution >= 4 is 15.7 Å². The number of carbonyl (C=O) groups is 1. The van der Waals surface area contributed by atoms with Crippen molar-refractivity contribution in [3.8, 4) is 16.9 Å². The number of nitrogens with one attached hydrogen (secondary N) is 1. The van der Waals surface area contributed by atoms with Crippen LogP contribution in [0.1, 0.15) is 26.2 Å². The Morgan fingerprint density at radius 1 is 1.25 bits per heavy atom. The summed E-state index contributed by atoms with van der Waals surface area (Å²) >= 11 is 0. The fourth-order valence-electron chi connectivity index (χ4n) is 3.00. The molecule has 0 fully saturated rings. The molecule has 1 aromatic carbocycles. The summed E-state index contributed by atoms with van der Waals surface area (Å²) in [7, 11) is -3.89. The molecule has 32 heavy (non-hydrogen) atoms. The van der Waals surface area contributed by atoms with Crippen molar-refractivity contribution in [2.24, 2.45) is 0 Å². The number of benzene rings is 1. The first-order valence-corrected chi connectivity index (χ1v) is 11.8. The van der Waals surface area contributed by atoms with Gasteiger partial charge in [0.05, 0.1) is 6.61 Å². The minimum atomic E-state index is -3.89. The van der Waals surface area contributed by atoms with Gasteiger partial charge in [0.15, 0.2) is 14.6 Å². The number of unbranched alkanes of at least 4 members (excludes halogenated alkanes) is 1. The van der Waals surface area contributed by atoms with E-state index in [1.807, 2.05) is 0 Å². The van der Waals surface area contributed by atoms with E-state index < -0.39 is 31.9 Å². The van der Waals surface area contributed by atoms with Gasteiger partial charge >= 0.3 is 0 Å². The number of ether oxygens (including phenoxy) is 1. The lowest BCUT2D eigenvalue weighted by atomic mass is 10.1. The zero-order valence-corrected chi connectivity index (χ0v) is 18.7.